The zero-order chi connectivity index (χ0) is 10.8. The lowest BCUT2D eigenvalue weighted by atomic mass is 10.1. The molecular weight excluding hydrogens is 188 g/mol. The van der Waals surface area contributed by atoms with E-state index in [0.29, 0.717) is 11.8 Å². The molecule has 3 heteroatoms. The number of hydrogen-bond donors (Lipinski definition) is 0. The van der Waals surface area contributed by atoms with E-state index in [0.717, 1.165) is 32.5 Å². The maximum atomic E-state index is 11.2. The Labute approximate surface area is 91.7 Å². The molecule has 2 rings (SSSR count). The largest absolute Gasteiger partial charge is 0.372 e. The molecule has 1 fully saturated rings. The van der Waals surface area contributed by atoms with Gasteiger partial charge in [0.1, 0.15) is 0 Å². The van der Waals surface area contributed by atoms with Crippen LogP contribution in [0.4, 0.5) is 0 Å². The van der Waals surface area contributed by atoms with Gasteiger partial charge >= 0.3 is 0 Å². The number of ketones is 1. The Hall–Kier alpha value is -0.830. The summed E-state index contributed by atoms with van der Waals surface area (Å²) in [5.41, 5.74) is 1.27. The molecule has 0 aromatic carbocycles. The highest BCUT2D eigenvalue weighted by Gasteiger charge is 2.26. The SMILES string of the molecule is CCC1CN(C2=CC(=O)CC2)CCN1C. The molecule has 1 unspecified atom stereocenters. The van der Waals surface area contributed by atoms with Crippen LogP contribution < -0.4 is 0 Å². The monoisotopic (exact) mass is 208 g/mol. The third-order valence-electron chi connectivity index (χ3n) is 3.61. The van der Waals surface area contributed by atoms with Crippen molar-refractivity contribution in [2.24, 2.45) is 0 Å². The molecule has 0 bridgehead atoms. The molecule has 0 spiro atoms. The normalized spacial score (nSPS) is 28.4. The topological polar surface area (TPSA) is 23.6 Å². The van der Waals surface area contributed by atoms with Gasteiger partial charge in [0.05, 0.1) is 0 Å². The predicted molar refractivity (Wildman–Crippen MR) is 60.6 cm³/mol. The fourth-order valence-electron chi connectivity index (χ4n) is 2.48. The number of likely N-dealkylation sites (N-methyl/N-ethyl adjacent to an activating group) is 1. The maximum absolute atomic E-state index is 11.2. The van der Waals surface area contributed by atoms with E-state index in [1.165, 1.54) is 12.1 Å². The molecule has 3 nitrogen and oxygen atoms in total. The van der Waals surface area contributed by atoms with Gasteiger partial charge in [-0.2, -0.15) is 0 Å². The van der Waals surface area contributed by atoms with Crippen LogP contribution in [-0.4, -0.2) is 48.3 Å². The summed E-state index contributed by atoms with van der Waals surface area (Å²) in [6, 6.07) is 0.648. The van der Waals surface area contributed by atoms with E-state index in [4.69, 9.17) is 0 Å². The first-order valence-electron chi connectivity index (χ1n) is 5.89. The smallest absolute Gasteiger partial charge is 0.157 e. The van der Waals surface area contributed by atoms with Gasteiger partial charge in [0.15, 0.2) is 5.78 Å². The van der Waals surface area contributed by atoms with Crippen LogP contribution in [0.3, 0.4) is 0 Å². The molecule has 0 amide bonds. The number of carbonyl (C=O) groups is 1. The molecule has 0 aromatic heterocycles. The number of hydrogen-bond acceptors (Lipinski definition) is 3. The van der Waals surface area contributed by atoms with Crippen molar-refractivity contribution in [2.45, 2.75) is 32.2 Å². The minimum Gasteiger partial charge on any atom is -0.372 e. The summed E-state index contributed by atoms with van der Waals surface area (Å²) in [6.45, 7) is 5.51. The maximum Gasteiger partial charge on any atom is 0.157 e. The van der Waals surface area contributed by atoms with E-state index in [9.17, 15) is 4.79 Å². The van der Waals surface area contributed by atoms with Crippen LogP contribution in [0, 0.1) is 0 Å². The van der Waals surface area contributed by atoms with Crippen LogP contribution >= 0.6 is 0 Å². The van der Waals surface area contributed by atoms with Gasteiger partial charge in [0.25, 0.3) is 0 Å². The van der Waals surface area contributed by atoms with Crippen molar-refractivity contribution in [3.63, 3.8) is 0 Å². The van der Waals surface area contributed by atoms with E-state index >= 15 is 0 Å². The highest BCUT2D eigenvalue weighted by atomic mass is 16.1. The zero-order valence-electron chi connectivity index (χ0n) is 9.70. The van der Waals surface area contributed by atoms with Crippen LogP contribution in [0.15, 0.2) is 11.8 Å². The van der Waals surface area contributed by atoms with E-state index in [2.05, 4.69) is 23.8 Å². The predicted octanol–water partition coefficient (Wildman–Crippen LogP) is 1.26. The first-order valence-corrected chi connectivity index (χ1v) is 5.89. The van der Waals surface area contributed by atoms with Crippen molar-refractivity contribution < 1.29 is 4.79 Å². The zero-order valence-corrected chi connectivity index (χ0v) is 9.70. The van der Waals surface area contributed by atoms with Crippen LogP contribution in [0.2, 0.25) is 0 Å². The van der Waals surface area contributed by atoms with Gasteiger partial charge in [-0.15, -0.1) is 0 Å². The first-order chi connectivity index (χ1) is 7.20. The minimum absolute atomic E-state index is 0.303. The summed E-state index contributed by atoms with van der Waals surface area (Å²) in [5.74, 6) is 0.303. The molecule has 15 heavy (non-hydrogen) atoms. The molecule has 84 valence electrons. The van der Waals surface area contributed by atoms with Gasteiger partial charge in [-0.1, -0.05) is 6.92 Å². The quantitative estimate of drug-likeness (QED) is 0.682. The average Bonchev–Trinajstić information content (AvgIpc) is 2.66. The lowest BCUT2D eigenvalue weighted by Crippen LogP contribution is -2.50. The second kappa shape index (κ2) is 4.35. The number of nitrogens with zero attached hydrogens (tertiary/aromatic N) is 2. The third-order valence-corrected chi connectivity index (χ3v) is 3.61. The molecule has 1 aliphatic carbocycles. The van der Waals surface area contributed by atoms with E-state index in [1.807, 2.05) is 6.08 Å². The number of carbonyl (C=O) groups excluding carboxylic acids is 1. The fourth-order valence-corrected chi connectivity index (χ4v) is 2.48. The molecule has 1 aliphatic heterocycles. The molecule has 0 aromatic rings. The summed E-state index contributed by atoms with van der Waals surface area (Å²) < 4.78 is 0. The van der Waals surface area contributed by atoms with Crippen LogP contribution in [-0.2, 0) is 4.79 Å². The van der Waals surface area contributed by atoms with Crippen molar-refractivity contribution in [2.75, 3.05) is 26.7 Å². The van der Waals surface area contributed by atoms with Gasteiger partial charge in [-0.25, -0.2) is 0 Å². The molecule has 0 saturated carbocycles. The highest BCUT2D eigenvalue weighted by Crippen LogP contribution is 2.22. The molecule has 1 heterocycles. The van der Waals surface area contributed by atoms with Gasteiger partial charge in [0.2, 0.25) is 0 Å². The van der Waals surface area contributed by atoms with Crippen LogP contribution in [0.25, 0.3) is 0 Å². The third kappa shape index (κ3) is 2.23. The molecule has 1 atom stereocenters. The van der Waals surface area contributed by atoms with Gasteiger partial charge in [-0.3, -0.25) is 9.69 Å². The van der Waals surface area contributed by atoms with Crippen molar-refractivity contribution in [3.05, 3.63) is 11.8 Å². The van der Waals surface area contributed by atoms with Crippen molar-refractivity contribution in [1.29, 1.82) is 0 Å². The number of piperazine rings is 1. The summed E-state index contributed by atoms with van der Waals surface area (Å²) in [6.07, 6.45) is 4.71. The summed E-state index contributed by atoms with van der Waals surface area (Å²) >= 11 is 0. The Morgan fingerprint density at radius 2 is 2.20 bits per heavy atom. The standard InChI is InChI=1S/C12H20N2O/c1-3-10-9-14(7-6-13(10)2)11-4-5-12(15)8-11/h8,10H,3-7,9H2,1-2H3. The Bertz CT molecular complexity index is 285. The minimum atomic E-state index is 0.303. The summed E-state index contributed by atoms with van der Waals surface area (Å²) in [7, 11) is 2.19. The van der Waals surface area contributed by atoms with Crippen molar-refractivity contribution in [1.82, 2.24) is 9.80 Å². The molecule has 0 N–H and O–H groups in total. The van der Waals surface area contributed by atoms with Crippen LogP contribution in [0.1, 0.15) is 26.2 Å². The Balaban J connectivity index is 2.00. The average molecular weight is 208 g/mol. The Kier molecular flexibility index (Phi) is 3.10. The second-order valence-electron chi connectivity index (χ2n) is 4.59. The van der Waals surface area contributed by atoms with Crippen molar-refractivity contribution in [3.8, 4) is 0 Å². The summed E-state index contributed by atoms with van der Waals surface area (Å²) in [4.78, 5) is 16.0. The number of allylic oxidation sites excluding steroid dienone is 2. The second-order valence-corrected chi connectivity index (χ2v) is 4.59. The van der Waals surface area contributed by atoms with Crippen LogP contribution in [0.5, 0.6) is 0 Å². The Morgan fingerprint density at radius 3 is 2.80 bits per heavy atom. The van der Waals surface area contributed by atoms with Gasteiger partial charge < -0.3 is 4.90 Å². The lowest BCUT2D eigenvalue weighted by molar-refractivity contribution is -0.114. The van der Waals surface area contributed by atoms with E-state index in [-0.39, 0.29) is 0 Å². The molecular formula is C12H20N2O. The van der Waals surface area contributed by atoms with E-state index in [1.54, 1.807) is 0 Å². The highest BCUT2D eigenvalue weighted by molar-refractivity contribution is 5.92. The fraction of sp³-hybridized carbons (Fsp3) is 0.750. The van der Waals surface area contributed by atoms with Gasteiger partial charge in [-0.05, 0) is 19.9 Å². The Morgan fingerprint density at radius 1 is 1.40 bits per heavy atom. The first kappa shape index (κ1) is 10.7. The molecule has 1 saturated heterocycles. The molecule has 2 aliphatic rings. The summed E-state index contributed by atoms with van der Waals surface area (Å²) in [5, 5.41) is 0. The lowest BCUT2D eigenvalue weighted by Gasteiger charge is -2.40. The van der Waals surface area contributed by atoms with Crippen molar-refractivity contribution >= 4 is 5.78 Å². The van der Waals surface area contributed by atoms with E-state index < -0.39 is 0 Å². The molecule has 0 radical (unpaired) electrons. The van der Waals surface area contributed by atoms with Gasteiger partial charge in [0, 0.05) is 43.9 Å². The number of rotatable bonds is 2.